The lowest BCUT2D eigenvalue weighted by molar-refractivity contribution is 0.946. The van der Waals surface area contributed by atoms with Gasteiger partial charge in [0.15, 0.2) is 0 Å². The molecule has 0 spiro atoms. The zero-order chi connectivity index (χ0) is 51.4. The first kappa shape index (κ1) is 52.0. The third-order valence-electron chi connectivity index (χ3n) is 12.0. The molecule has 0 aliphatic rings. The predicted molar refractivity (Wildman–Crippen MR) is 309 cm³/mol. The average molecular weight is 1090 g/mol. The first-order chi connectivity index (χ1) is 35.5. The van der Waals surface area contributed by atoms with Crippen molar-refractivity contribution >= 4 is 106 Å². The van der Waals surface area contributed by atoms with Crippen LogP contribution in [0.4, 0.5) is 34.4 Å². The van der Waals surface area contributed by atoms with Crippen LogP contribution in [0.1, 0.15) is 49.9 Å². The van der Waals surface area contributed by atoms with Gasteiger partial charge in [-0.25, -0.2) is 24.9 Å². The summed E-state index contributed by atoms with van der Waals surface area (Å²) in [6.45, 7) is 8.49. The van der Waals surface area contributed by atoms with Gasteiger partial charge >= 0.3 is 0 Å². The normalized spacial score (nSPS) is 10.8. The lowest BCUT2D eigenvalue weighted by Crippen LogP contribution is -2.14. The van der Waals surface area contributed by atoms with Crippen LogP contribution in [0.25, 0.3) is 53.8 Å². The molecule has 11 aromatic heterocycles. The summed E-state index contributed by atoms with van der Waals surface area (Å²) in [5, 5.41) is 9.60. The Bertz CT molecular complexity index is 3530. The minimum atomic E-state index is 0.769. The largest absolute Gasteiger partial charge is 0.397 e. The lowest BCUT2D eigenvalue weighted by atomic mass is 10.1. The number of rotatable bonds is 11. The monoisotopic (exact) mass is 1090 g/mol. The van der Waals surface area contributed by atoms with Crippen molar-refractivity contribution < 1.29 is 0 Å². The summed E-state index contributed by atoms with van der Waals surface area (Å²) < 4.78 is 4.84. The molecule has 0 fully saturated rings. The van der Waals surface area contributed by atoms with Crippen molar-refractivity contribution in [2.24, 2.45) is 14.1 Å². The number of hydrogen-bond donors (Lipinski definition) is 3. The summed E-state index contributed by atoms with van der Waals surface area (Å²) in [5.41, 5.74) is 26.8. The lowest BCUT2D eigenvalue weighted by Gasteiger charge is -2.21. The van der Waals surface area contributed by atoms with E-state index in [1.165, 1.54) is 31.3 Å². The number of thiophene rings is 3. The number of nitrogens with two attached hydrogens (primary N) is 2. The third kappa shape index (κ3) is 12.6. The Labute approximate surface area is 446 Å². The van der Waals surface area contributed by atoms with Gasteiger partial charge in [-0.05, 0) is 122 Å². The van der Waals surface area contributed by atoms with E-state index >= 15 is 0 Å². The summed E-state index contributed by atoms with van der Waals surface area (Å²) in [4.78, 5) is 40.9. The minimum absolute atomic E-state index is 0.769. The van der Waals surface area contributed by atoms with E-state index in [1.807, 2.05) is 79.5 Å². The van der Waals surface area contributed by atoms with Gasteiger partial charge in [-0.15, -0.1) is 34.0 Å². The fraction of sp³-hybridized carbons (Fsp3) is 0.200. The average Bonchev–Trinajstić information content (AvgIpc) is 4.31. The Hall–Kier alpha value is -7.38. The van der Waals surface area contributed by atoms with Crippen LogP contribution in [0.5, 0.6) is 0 Å². The number of pyridine rings is 6. The van der Waals surface area contributed by atoms with E-state index in [9.17, 15) is 0 Å². The van der Waals surface area contributed by atoms with Gasteiger partial charge in [-0.3, -0.25) is 15.0 Å². The van der Waals surface area contributed by atoms with Crippen LogP contribution in [0.2, 0.25) is 0 Å². The summed E-state index contributed by atoms with van der Waals surface area (Å²) in [6.07, 6.45) is 18.2. The molecule has 11 heterocycles. The number of anilines is 6. The standard InChI is InChI=1S/C19H19N5S.C18H17N5S.C11H12N2S.C7H9BrN2/c1-4-13-8-14(18-6-5-7-25-18)20-11-17(13)24(3)19-9-16-15(10-21-19)22-12-23(16)2;1-3-12-7-13(17-5-4-6-24-17)19-9-14(12)22-18-8-16-15(10-20-18)21-11-23(16)2;1-2-8-6-10(13-7-9(8)12)11-4-3-5-14-11;1-2-5-3-7(8)10-4-6(5)9/h5-12H,4H2,1-3H3;4-11H,3H2,1-2H3,(H,20,22);3-7H,2,12H2,1H3;3-4H,2,9H2,1H3. The second kappa shape index (κ2) is 24.4. The smallest absolute Gasteiger partial charge is 0.134 e. The topological polar surface area (TPSA) is 180 Å². The molecule has 0 radical (unpaired) electrons. The zero-order valence-electron chi connectivity index (χ0n) is 41.8. The van der Waals surface area contributed by atoms with Crippen molar-refractivity contribution in [1.82, 2.24) is 49.0 Å². The molecule has 11 rings (SSSR count). The van der Waals surface area contributed by atoms with Crippen LogP contribution in [-0.2, 0) is 39.8 Å². The van der Waals surface area contributed by atoms with Gasteiger partial charge in [-0.1, -0.05) is 45.9 Å². The zero-order valence-corrected chi connectivity index (χ0v) is 45.8. The molecule has 0 saturated carbocycles. The molecule has 0 atom stereocenters. The van der Waals surface area contributed by atoms with Crippen molar-refractivity contribution in [3.63, 3.8) is 0 Å². The van der Waals surface area contributed by atoms with Gasteiger partial charge in [0.25, 0.3) is 0 Å². The first-order valence-corrected chi connectivity index (χ1v) is 27.2. The molecule has 0 aliphatic heterocycles. The van der Waals surface area contributed by atoms with E-state index in [0.29, 0.717) is 0 Å². The Morgan fingerprint density at radius 3 is 1.55 bits per heavy atom. The summed E-state index contributed by atoms with van der Waals surface area (Å²) in [7, 11) is 6.01. The molecule has 0 aliphatic carbocycles. The van der Waals surface area contributed by atoms with Crippen molar-refractivity contribution in [3.8, 4) is 31.7 Å². The molecule has 0 bridgehead atoms. The highest BCUT2D eigenvalue weighted by Crippen LogP contribution is 2.33. The maximum absolute atomic E-state index is 5.79. The molecule has 73 heavy (non-hydrogen) atoms. The van der Waals surface area contributed by atoms with Gasteiger partial charge in [0, 0.05) is 33.3 Å². The molecule has 0 amide bonds. The van der Waals surface area contributed by atoms with Crippen LogP contribution in [0, 0.1) is 0 Å². The number of aromatic nitrogens is 10. The van der Waals surface area contributed by atoms with Crippen LogP contribution >= 0.6 is 49.9 Å². The van der Waals surface area contributed by atoms with E-state index in [0.717, 1.165) is 109 Å². The number of nitrogens with zero attached hydrogens (tertiary/aromatic N) is 11. The molecule has 11 aromatic rings. The van der Waals surface area contributed by atoms with Gasteiger partial charge in [0.05, 0.1) is 115 Å². The molecule has 5 N–H and O–H groups in total. The fourth-order valence-corrected chi connectivity index (χ4v) is 10.3. The number of fused-ring (bicyclic) bond motifs is 2. The van der Waals surface area contributed by atoms with Gasteiger partial charge in [0.1, 0.15) is 27.3 Å². The molecule has 0 aromatic carbocycles. The quantitative estimate of drug-likeness (QED) is 0.104. The Morgan fingerprint density at radius 2 is 1.01 bits per heavy atom. The number of halogens is 1. The highest BCUT2D eigenvalue weighted by atomic mass is 79.9. The molecular formula is C55H57BrN14S3. The maximum atomic E-state index is 5.79. The van der Waals surface area contributed by atoms with E-state index in [1.54, 1.807) is 58.9 Å². The van der Waals surface area contributed by atoms with Gasteiger partial charge in [-0.2, -0.15) is 0 Å². The molecule has 0 unspecified atom stereocenters. The number of nitrogens with one attached hydrogen (secondary N) is 1. The van der Waals surface area contributed by atoms with E-state index in [2.05, 4.69) is 158 Å². The number of nitrogen functional groups attached to an aromatic ring is 2. The van der Waals surface area contributed by atoms with Crippen molar-refractivity contribution in [3.05, 3.63) is 166 Å². The Morgan fingerprint density at radius 1 is 0.534 bits per heavy atom. The second-order valence-corrected chi connectivity index (χ2v) is 20.4. The SMILES string of the molecule is CCc1cc(-c2cccs2)ncc1N.CCc1cc(-c2cccs2)ncc1N(C)c1cc2c(cn1)ncn2C.CCc1cc(-c2cccs2)ncc1Nc1cc2c(cn1)ncn2C.CCc1cc(Br)ncc1N. The molecule has 0 saturated heterocycles. The fourth-order valence-electron chi connectivity index (χ4n) is 7.82. The summed E-state index contributed by atoms with van der Waals surface area (Å²) >= 11 is 8.38. The summed E-state index contributed by atoms with van der Waals surface area (Å²) in [6, 6.07) is 24.8. The second-order valence-electron chi connectivity index (χ2n) is 16.7. The molecule has 14 nitrogen and oxygen atoms in total. The minimum Gasteiger partial charge on any atom is -0.397 e. The predicted octanol–water partition coefficient (Wildman–Crippen LogP) is 13.8. The van der Waals surface area contributed by atoms with Crippen LogP contribution in [0.15, 0.2) is 143 Å². The number of imidazole rings is 2. The highest BCUT2D eigenvalue weighted by molar-refractivity contribution is 9.10. The molecule has 372 valence electrons. The third-order valence-corrected chi connectivity index (χ3v) is 15.1. The van der Waals surface area contributed by atoms with E-state index in [-0.39, 0.29) is 0 Å². The van der Waals surface area contributed by atoms with E-state index in [4.69, 9.17) is 11.5 Å². The van der Waals surface area contributed by atoms with Crippen LogP contribution in [0.3, 0.4) is 0 Å². The van der Waals surface area contributed by atoms with Crippen LogP contribution in [-0.4, -0.2) is 56.1 Å². The van der Waals surface area contributed by atoms with Crippen molar-refractivity contribution in [2.45, 2.75) is 53.4 Å². The number of aryl methyl sites for hydroxylation is 6. The number of hydrogen-bond acceptors (Lipinski definition) is 15. The van der Waals surface area contributed by atoms with Crippen LogP contribution < -0.4 is 21.7 Å². The molecule has 18 heteroatoms. The van der Waals surface area contributed by atoms with Gasteiger partial charge in [0.2, 0.25) is 0 Å². The highest BCUT2D eigenvalue weighted by Gasteiger charge is 2.15. The van der Waals surface area contributed by atoms with Crippen molar-refractivity contribution in [1.29, 1.82) is 0 Å². The maximum Gasteiger partial charge on any atom is 0.134 e. The first-order valence-electron chi connectivity index (χ1n) is 23.7. The Balaban J connectivity index is 0.000000138. The Kier molecular flexibility index (Phi) is 17.3. The molecular weight excluding hydrogens is 1030 g/mol. The van der Waals surface area contributed by atoms with E-state index < -0.39 is 0 Å². The van der Waals surface area contributed by atoms with Crippen molar-refractivity contribution in [2.75, 3.05) is 28.7 Å². The van der Waals surface area contributed by atoms with Gasteiger partial charge < -0.3 is 30.8 Å². The summed E-state index contributed by atoms with van der Waals surface area (Å²) in [5.74, 6) is 1.68.